The van der Waals surface area contributed by atoms with Gasteiger partial charge in [0.1, 0.15) is 5.65 Å². The van der Waals surface area contributed by atoms with E-state index in [0.717, 1.165) is 54.8 Å². The molecule has 29 heavy (non-hydrogen) atoms. The van der Waals surface area contributed by atoms with E-state index in [4.69, 9.17) is 9.72 Å². The van der Waals surface area contributed by atoms with Crippen LogP contribution in [0.25, 0.3) is 22.2 Å². The van der Waals surface area contributed by atoms with Crippen LogP contribution < -0.4 is 0 Å². The van der Waals surface area contributed by atoms with Crippen molar-refractivity contribution in [3.05, 3.63) is 35.9 Å². The van der Waals surface area contributed by atoms with Crippen LogP contribution >= 0.6 is 12.8 Å². The molecule has 0 aromatic carbocycles. The second-order valence-corrected chi connectivity index (χ2v) is 8.91. The van der Waals surface area contributed by atoms with Crippen molar-refractivity contribution in [2.75, 3.05) is 26.3 Å². The Morgan fingerprint density at radius 2 is 1.83 bits per heavy atom. The molecule has 0 spiro atoms. The second kappa shape index (κ2) is 7.78. The normalized spacial score (nSPS) is 23.7. The first kappa shape index (κ1) is 19.2. The summed E-state index contributed by atoms with van der Waals surface area (Å²) in [7, 11) is 1.97. The quantitative estimate of drug-likeness (QED) is 0.666. The minimum atomic E-state index is 0.593. The number of hydrogen-bond donors (Lipinski definition) is 1. The molecule has 2 aliphatic rings. The van der Waals surface area contributed by atoms with Gasteiger partial charge in [-0.3, -0.25) is 13.6 Å². The Morgan fingerprint density at radius 1 is 1.07 bits per heavy atom. The Balaban J connectivity index is 1.40. The van der Waals surface area contributed by atoms with E-state index in [0.29, 0.717) is 5.92 Å². The van der Waals surface area contributed by atoms with Crippen molar-refractivity contribution < 1.29 is 4.74 Å². The molecule has 2 fully saturated rings. The Morgan fingerprint density at radius 3 is 2.52 bits per heavy atom. The molecule has 5 rings (SSSR count). The summed E-state index contributed by atoms with van der Waals surface area (Å²) in [6, 6.07) is 3.07. The Bertz CT molecular complexity index is 1010. The fourth-order valence-electron chi connectivity index (χ4n) is 5.13. The highest BCUT2D eigenvalue weighted by molar-refractivity contribution is 7.78. The smallest absolute Gasteiger partial charge is 0.150 e. The van der Waals surface area contributed by atoms with E-state index < -0.39 is 0 Å². The Hall–Kier alpha value is -1.83. The first-order chi connectivity index (χ1) is 14.1. The molecule has 0 unspecified atom stereocenters. The number of ether oxygens (including phenoxy) is 1. The largest absolute Gasteiger partial charge is 0.379 e. The minimum Gasteiger partial charge on any atom is -0.379 e. The summed E-state index contributed by atoms with van der Waals surface area (Å²) in [5.41, 5.74) is 5.62. The highest BCUT2D eigenvalue weighted by Crippen LogP contribution is 2.38. The second-order valence-electron chi connectivity index (χ2n) is 8.48. The standard InChI is InChI=1S/C22H29N5OS/c1-15-20(13-25(2)24-15)21-14-27(29)22-19(21)11-17(12-23-22)16-3-5-18(6-4-16)26-7-9-28-10-8-26/h11-14,16,18,29H,3-10H2,1-2H3/t16-,18+. The van der Waals surface area contributed by atoms with Gasteiger partial charge in [-0.2, -0.15) is 5.10 Å². The number of nitrogens with zero attached hydrogens (tertiary/aromatic N) is 5. The van der Waals surface area contributed by atoms with E-state index in [1.165, 1.54) is 36.6 Å². The summed E-state index contributed by atoms with van der Waals surface area (Å²) in [6.07, 6.45) is 11.2. The highest BCUT2D eigenvalue weighted by Gasteiger charge is 2.28. The summed E-state index contributed by atoms with van der Waals surface area (Å²) < 4.78 is 9.22. The molecule has 1 saturated heterocycles. The molecule has 3 aromatic heterocycles. The van der Waals surface area contributed by atoms with Crippen molar-refractivity contribution in [1.29, 1.82) is 0 Å². The molecule has 0 N–H and O–H groups in total. The molecule has 1 aliphatic heterocycles. The van der Waals surface area contributed by atoms with Crippen LogP contribution in [0.3, 0.4) is 0 Å². The molecule has 0 bridgehead atoms. The average molecular weight is 412 g/mol. The van der Waals surface area contributed by atoms with Crippen LogP contribution in [0, 0.1) is 6.92 Å². The van der Waals surface area contributed by atoms with Gasteiger partial charge in [0.2, 0.25) is 0 Å². The lowest BCUT2D eigenvalue weighted by molar-refractivity contribution is 0.00729. The summed E-state index contributed by atoms with van der Waals surface area (Å²) in [4.78, 5) is 7.41. The zero-order valence-electron chi connectivity index (χ0n) is 17.2. The third kappa shape index (κ3) is 3.60. The van der Waals surface area contributed by atoms with E-state index in [9.17, 15) is 0 Å². The monoisotopic (exact) mass is 411 g/mol. The van der Waals surface area contributed by atoms with Crippen molar-refractivity contribution in [3.8, 4) is 11.1 Å². The van der Waals surface area contributed by atoms with E-state index in [2.05, 4.69) is 54.4 Å². The van der Waals surface area contributed by atoms with Crippen LogP contribution in [-0.4, -0.2) is 56.0 Å². The predicted molar refractivity (Wildman–Crippen MR) is 118 cm³/mol. The maximum absolute atomic E-state index is 5.52. The van der Waals surface area contributed by atoms with Gasteiger partial charge in [-0.25, -0.2) is 4.98 Å². The zero-order chi connectivity index (χ0) is 20.0. The van der Waals surface area contributed by atoms with Crippen LogP contribution in [0.5, 0.6) is 0 Å². The third-order valence-corrected chi connectivity index (χ3v) is 6.99. The van der Waals surface area contributed by atoms with Crippen LogP contribution in [0.15, 0.2) is 24.7 Å². The van der Waals surface area contributed by atoms with Gasteiger partial charge in [0.25, 0.3) is 0 Å². The fourth-order valence-corrected chi connectivity index (χ4v) is 5.40. The molecule has 1 saturated carbocycles. The van der Waals surface area contributed by atoms with Crippen molar-refractivity contribution in [3.63, 3.8) is 0 Å². The van der Waals surface area contributed by atoms with Gasteiger partial charge in [-0.05, 0) is 50.2 Å². The number of morpholine rings is 1. The summed E-state index contributed by atoms with van der Waals surface area (Å²) >= 11 is 4.61. The topological polar surface area (TPSA) is 48.1 Å². The highest BCUT2D eigenvalue weighted by atomic mass is 32.1. The number of aromatic nitrogens is 4. The molecule has 6 nitrogen and oxygen atoms in total. The molecule has 0 amide bonds. The number of aryl methyl sites for hydroxylation is 2. The summed E-state index contributed by atoms with van der Waals surface area (Å²) in [6.45, 7) is 6.01. The minimum absolute atomic E-state index is 0.593. The van der Waals surface area contributed by atoms with Gasteiger partial charge in [0.05, 0.1) is 18.9 Å². The van der Waals surface area contributed by atoms with Gasteiger partial charge < -0.3 is 4.74 Å². The molecule has 0 radical (unpaired) electrons. The van der Waals surface area contributed by atoms with E-state index in [-0.39, 0.29) is 0 Å². The van der Waals surface area contributed by atoms with E-state index in [1.807, 2.05) is 15.7 Å². The average Bonchev–Trinajstić information content (AvgIpc) is 3.26. The molecule has 154 valence electrons. The van der Waals surface area contributed by atoms with Crippen LogP contribution in [-0.2, 0) is 11.8 Å². The number of fused-ring (bicyclic) bond motifs is 1. The van der Waals surface area contributed by atoms with Gasteiger partial charge in [0, 0.05) is 61.3 Å². The van der Waals surface area contributed by atoms with Crippen LogP contribution in [0.2, 0.25) is 0 Å². The molecule has 7 heteroatoms. The van der Waals surface area contributed by atoms with E-state index in [1.54, 1.807) is 0 Å². The molecule has 1 aliphatic carbocycles. The number of pyridine rings is 1. The SMILES string of the molecule is Cc1nn(C)cc1-c1cn(S)c2ncc([C@H]3CC[C@@H](N4CCOCC4)CC3)cc12. The first-order valence-corrected chi connectivity index (χ1v) is 11.0. The maximum Gasteiger partial charge on any atom is 0.150 e. The summed E-state index contributed by atoms with van der Waals surface area (Å²) in [5.74, 6) is 0.593. The lowest BCUT2D eigenvalue weighted by Crippen LogP contribution is -2.44. The van der Waals surface area contributed by atoms with Gasteiger partial charge in [0.15, 0.2) is 0 Å². The summed E-state index contributed by atoms with van der Waals surface area (Å²) in [5, 5.41) is 5.69. The molecule has 0 atom stereocenters. The zero-order valence-corrected chi connectivity index (χ0v) is 18.1. The van der Waals surface area contributed by atoms with Gasteiger partial charge >= 0.3 is 0 Å². The van der Waals surface area contributed by atoms with Crippen LogP contribution in [0.4, 0.5) is 0 Å². The van der Waals surface area contributed by atoms with Crippen molar-refractivity contribution in [2.24, 2.45) is 7.05 Å². The Labute approximate surface area is 177 Å². The molecule has 3 aromatic rings. The number of hydrogen-bond acceptors (Lipinski definition) is 5. The third-order valence-electron chi connectivity index (χ3n) is 6.68. The predicted octanol–water partition coefficient (Wildman–Crippen LogP) is 3.80. The van der Waals surface area contributed by atoms with Gasteiger partial charge in [-0.1, -0.05) is 12.8 Å². The van der Waals surface area contributed by atoms with E-state index >= 15 is 0 Å². The van der Waals surface area contributed by atoms with Crippen molar-refractivity contribution in [2.45, 2.75) is 44.6 Å². The number of thiol groups is 1. The van der Waals surface area contributed by atoms with Gasteiger partial charge in [-0.15, -0.1) is 0 Å². The van der Waals surface area contributed by atoms with Crippen LogP contribution in [0.1, 0.15) is 42.9 Å². The first-order valence-electron chi connectivity index (χ1n) is 10.6. The van der Waals surface area contributed by atoms with Crippen molar-refractivity contribution in [1.82, 2.24) is 23.6 Å². The number of rotatable bonds is 3. The van der Waals surface area contributed by atoms with Crippen molar-refractivity contribution >= 4 is 23.8 Å². The lowest BCUT2D eigenvalue weighted by Gasteiger charge is -2.38. The maximum atomic E-state index is 5.52. The molecular formula is C22H29N5OS. The lowest BCUT2D eigenvalue weighted by atomic mass is 9.81. The molecule has 4 heterocycles. The molecular weight excluding hydrogens is 382 g/mol. The fraction of sp³-hybridized carbons (Fsp3) is 0.545. The Kier molecular flexibility index (Phi) is 5.14.